The van der Waals surface area contributed by atoms with Gasteiger partial charge in [-0.2, -0.15) is 0 Å². The number of benzene rings is 2. The van der Waals surface area contributed by atoms with Gasteiger partial charge in [-0.05, 0) is 58.7 Å². The monoisotopic (exact) mass is 411 g/mol. The lowest BCUT2D eigenvalue weighted by Crippen LogP contribution is -2.36. The predicted molar refractivity (Wildman–Crippen MR) is 94.5 cm³/mol. The van der Waals surface area contributed by atoms with Gasteiger partial charge in [0, 0.05) is 11.6 Å². The van der Waals surface area contributed by atoms with Gasteiger partial charge in [0.05, 0.1) is 10.0 Å². The third-order valence-corrected chi connectivity index (χ3v) is 4.06. The van der Waals surface area contributed by atoms with Crippen LogP contribution in [0.4, 0.5) is 0 Å². The maximum Gasteiger partial charge on any atom is 0.335 e. The fourth-order valence-electron chi connectivity index (χ4n) is 1.96. The molecule has 1 unspecified atom stereocenters. The van der Waals surface area contributed by atoms with E-state index in [1.165, 1.54) is 12.1 Å². The topological polar surface area (TPSA) is 75.6 Å². The third kappa shape index (κ3) is 4.97. The molecule has 2 N–H and O–H groups in total. The second kappa shape index (κ2) is 8.17. The Morgan fingerprint density at radius 2 is 2.04 bits per heavy atom. The number of aromatic carboxylic acids is 1. The number of hydrogen-bond donors (Lipinski definition) is 2. The molecule has 0 radical (unpaired) electrons. The highest BCUT2D eigenvalue weighted by Gasteiger charge is 2.16. The maximum atomic E-state index is 12.1. The lowest BCUT2D eigenvalue weighted by molar-refractivity contribution is -0.127. The summed E-state index contributed by atoms with van der Waals surface area (Å²) in [5.41, 5.74) is 0.874. The van der Waals surface area contributed by atoms with Gasteiger partial charge in [-0.3, -0.25) is 4.79 Å². The van der Waals surface area contributed by atoms with Crippen molar-refractivity contribution in [3.63, 3.8) is 0 Å². The van der Waals surface area contributed by atoms with Crippen LogP contribution < -0.4 is 10.1 Å². The molecule has 0 bridgehead atoms. The van der Waals surface area contributed by atoms with Crippen LogP contribution in [0.2, 0.25) is 5.02 Å². The van der Waals surface area contributed by atoms with Crippen LogP contribution >= 0.6 is 27.5 Å². The van der Waals surface area contributed by atoms with Crippen LogP contribution in [0.1, 0.15) is 22.8 Å². The lowest BCUT2D eigenvalue weighted by Gasteiger charge is -2.16. The van der Waals surface area contributed by atoms with Crippen LogP contribution in [0.5, 0.6) is 5.75 Å². The summed E-state index contributed by atoms with van der Waals surface area (Å²) in [5, 5.41) is 12.2. The molecule has 7 heteroatoms. The number of nitrogens with one attached hydrogen (secondary N) is 1. The van der Waals surface area contributed by atoms with E-state index in [4.69, 9.17) is 21.4 Å². The molecule has 126 valence electrons. The van der Waals surface area contributed by atoms with Crippen LogP contribution in [-0.2, 0) is 11.3 Å². The van der Waals surface area contributed by atoms with Gasteiger partial charge in [-0.15, -0.1) is 0 Å². The second-order valence-corrected chi connectivity index (χ2v) is 6.35. The molecule has 1 atom stereocenters. The van der Waals surface area contributed by atoms with Crippen molar-refractivity contribution < 1.29 is 19.4 Å². The van der Waals surface area contributed by atoms with Gasteiger partial charge in [-0.1, -0.05) is 23.7 Å². The van der Waals surface area contributed by atoms with E-state index in [1.54, 1.807) is 37.3 Å². The summed E-state index contributed by atoms with van der Waals surface area (Å²) in [6.07, 6.45) is -0.717. The average molecular weight is 413 g/mol. The van der Waals surface area contributed by atoms with Gasteiger partial charge >= 0.3 is 5.97 Å². The van der Waals surface area contributed by atoms with Crippen molar-refractivity contribution in [3.05, 3.63) is 63.1 Å². The fraction of sp³-hybridized carbons (Fsp3) is 0.176. The number of carbonyl (C=O) groups is 2. The highest BCUT2D eigenvalue weighted by molar-refractivity contribution is 9.10. The Labute approximate surface area is 152 Å². The first kappa shape index (κ1) is 18.3. The van der Waals surface area contributed by atoms with Gasteiger partial charge in [0.1, 0.15) is 5.75 Å². The molecule has 5 nitrogen and oxygen atoms in total. The largest absolute Gasteiger partial charge is 0.480 e. The minimum absolute atomic E-state index is 0.177. The van der Waals surface area contributed by atoms with E-state index in [2.05, 4.69) is 21.2 Å². The van der Waals surface area contributed by atoms with E-state index in [9.17, 15) is 9.59 Å². The predicted octanol–water partition coefficient (Wildman–Crippen LogP) is 3.88. The number of carboxylic acids is 1. The standard InChI is InChI=1S/C17H15BrClNO4/c1-10(24-15-6-5-13(19)8-14(15)18)16(21)20-9-11-3-2-4-12(7-11)17(22)23/h2-8,10H,9H2,1H3,(H,20,21)(H,22,23). The average Bonchev–Trinajstić information content (AvgIpc) is 2.55. The summed E-state index contributed by atoms with van der Waals surface area (Å²) in [7, 11) is 0. The molecule has 0 aromatic heterocycles. The van der Waals surface area contributed by atoms with Crippen molar-refractivity contribution in [2.45, 2.75) is 19.6 Å². The van der Waals surface area contributed by atoms with Crippen LogP contribution in [0.25, 0.3) is 0 Å². The first-order chi connectivity index (χ1) is 11.4. The van der Waals surface area contributed by atoms with Gasteiger partial charge in [-0.25, -0.2) is 4.79 Å². The normalized spacial score (nSPS) is 11.6. The minimum atomic E-state index is -1.01. The Kier molecular flexibility index (Phi) is 6.23. The lowest BCUT2D eigenvalue weighted by atomic mass is 10.1. The highest BCUT2D eigenvalue weighted by atomic mass is 79.9. The molecule has 0 spiro atoms. The molecule has 0 aliphatic heterocycles. The van der Waals surface area contributed by atoms with E-state index >= 15 is 0 Å². The Morgan fingerprint density at radius 3 is 2.71 bits per heavy atom. The van der Waals surface area contributed by atoms with E-state index in [-0.39, 0.29) is 18.0 Å². The molecule has 0 saturated heterocycles. The smallest absolute Gasteiger partial charge is 0.335 e. The number of carboxylic acid groups (broad SMARTS) is 1. The zero-order chi connectivity index (χ0) is 17.7. The Morgan fingerprint density at radius 1 is 1.29 bits per heavy atom. The summed E-state index contributed by atoms with van der Waals surface area (Å²) < 4.78 is 6.26. The maximum absolute atomic E-state index is 12.1. The van der Waals surface area contributed by atoms with Gasteiger partial charge in [0.2, 0.25) is 0 Å². The summed E-state index contributed by atoms with van der Waals surface area (Å²) in [6, 6.07) is 11.4. The molecular weight excluding hydrogens is 398 g/mol. The van der Waals surface area contributed by atoms with Gasteiger partial charge in [0.15, 0.2) is 6.10 Å². The first-order valence-electron chi connectivity index (χ1n) is 7.08. The van der Waals surface area contributed by atoms with Gasteiger partial charge < -0.3 is 15.2 Å². The van der Waals surface area contributed by atoms with Crippen molar-refractivity contribution in [2.75, 3.05) is 0 Å². The molecule has 0 heterocycles. The Bertz CT molecular complexity index is 766. The van der Waals surface area contributed by atoms with Crippen molar-refractivity contribution >= 4 is 39.4 Å². The summed E-state index contributed by atoms with van der Waals surface area (Å²) in [5.74, 6) is -0.806. The summed E-state index contributed by atoms with van der Waals surface area (Å²) in [6.45, 7) is 1.85. The number of rotatable bonds is 6. The molecule has 2 rings (SSSR count). The molecule has 24 heavy (non-hydrogen) atoms. The van der Waals surface area contributed by atoms with Crippen molar-refractivity contribution in [1.29, 1.82) is 0 Å². The number of ether oxygens (including phenoxy) is 1. The van der Waals surface area contributed by atoms with Crippen molar-refractivity contribution in [1.82, 2.24) is 5.32 Å². The molecule has 2 aromatic carbocycles. The van der Waals surface area contributed by atoms with Crippen LogP contribution in [0.15, 0.2) is 46.9 Å². The number of carbonyl (C=O) groups excluding carboxylic acids is 1. The Hall–Kier alpha value is -2.05. The highest BCUT2D eigenvalue weighted by Crippen LogP contribution is 2.28. The minimum Gasteiger partial charge on any atom is -0.480 e. The van der Waals surface area contributed by atoms with Crippen LogP contribution in [-0.4, -0.2) is 23.1 Å². The quantitative estimate of drug-likeness (QED) is 0.755. The molecule has 1 amide bonds. The molecular formula is C17H15BrClNO4. The molecule has 0 fully saturated rings. The van der Waals surface area contributed by atoms with E-state index in [0.717, 1.165) is 0 Å². The van der Waals surface area contributed by atoms with Gasteiger partial charge in [0.25, 0.3) is 5.91 Å². The SMILES string of the molecule is CC(Oc1ccc(Cl)cc1Br)C(=O)NCc1cccc(C(=O)O)c1. The molecule has 0 aliphatic carbocycles. The zero-order valence-corrected chi connectivity index (χ0v) is 15.1. The zero-order valence-electron chi connectivity index (χ0n) is 12.8. The second-order valence-electron chi connectivity index (χ2n) is 5.06. The van der Waals surface area contributed by atoms with Crippen LogP contribution in [0, 0.1) is 0 Å². The number of amides is 1. The van der Waals surface area contributed by atoms with E-state index < -0.39 is 12.1 Å². The summed E-state index contributed by atoms with van der Waals surface area (Å²) in [4.78, 5) is 23.1. The van der Waals surface area contributed by atoms with Crippen molar-refractivity contribution in [3.8, 4) is 5.75 Å². The van der Waals surface area contributed by atoms with E-state index in [1.807, 2.05) is 0 Å². The number of hydrogen-bond acceptors (Lipinski definition) is 3. The van der Waals surface area contributed by atoms with Crippen molar-refractivity contribution in [2.24, 2.45) is 0 Å². The molecule has 0 saturated carbocycles. The Balaban J connectivity index is 1.94. The fourth-order valence-corrected chi connectivity index (χ4v) is 2.74. The first-order valence-corrected chi connectivity index (χ1v) is 8.25. The summed E-state index contributed by atoms with van der Waals surface area (Å²) >= 11 is 9.19. The third-order valence-electron chi connectivity index (χ3n) is 3.21. The number of halogens is 2. The van der Waals surface area contributed by atoms with E-state index in [0.29, 0.717) is 20.8 Å². The molecule has 2 aromatic rings. The van der Waals surface area contributed by atoms with Crippen LogP contribution in [0.3, 0.4) is 0 Å². The molecule has 0 aliphatic rings.